The van der Waals surface area contributed by atoms with Crippen LogP contribution in [-0.4, -0.2) is 30.5 Å². The van der Waals surface area contributed by atoms with E-state index in [1.807, 2.05) is 6.92 Å². The molecule has 1 saturated heterocycles. The molecular weight excluding hydrogens is 234 g/mol. The highest BCUT2D eigenvalue weighted by Gasteiger charge is 2.20. The van der Waals surface area contributed by atoms with Crippen molar-refractivity contribution >= 4 is 17.2 Å². The largest absolute Gasteiger partial charge is 0.355 e. The number of thiazole rings is 1. The highest BCUT2D eigenvalue weighted by Crippen LogP contribution is 2.11. The minimum absolute atomic E-state index is 0.202. The van der Waals surface area contributed by atoms with Crippen molar-refractivity contribution in [3.63, 3.8) is 0 Å². The molecule has 1 aliphatic rings. The zero-order chi connectivity index (χ0) is 12.1. The number of piperidine rings is 1. The minimum atomic E-state index is 0.202. The van der Waals surface area contributed by atoms with Gasteiger partial charge in [0.2, 0.25) is 5.91 Å². The van der Waals surface area contributed by atoms with Gasteiger partial charge in [0.1, 0.15) is 0 Å². The maximum absolute atomic E-state index is 11.8. The first kappa shape index (κ1) is 12.5. The average molecular weight is 253 g/mol. The van der Waals surface area contributed by atoms with Crippen molar-refractivity contribution < 1.29 is 4.79 Å². The Kier molecular flexibility index (Phi) is 4.50. The Morgan fingerprint density at radius 3 is 3.00 bits per heavy atom. The smallest absolute Gasteiger partial charge is 0.223 e. The number of aryl methyl sites for hydroxylation is 1. The molecule has 17 heavy (non-hydrogen) atoms. The van der Waals surface area contributed by atoms with Crippen molar-refractivity contribution in [2.75, 3.05) is 19.6 Å². The number of carbonyl (C=O) groups excluding carboxylic acids is 1. The minimum Gasteiger partial charge on any atom is -0.355 e. The summed E-state index contributed by atoms with van der Waals surface area (Å²) >= 11 is 1.66. The number of nitrogens with zero attached hydrogens (tertiary/aromatic N) is 1. The van der Waals surface area contributed by atoms with Crippen LogP contribution >= 0.6 is 11.3 Å². The van der Waals surface area contributed by atoms with Crippen LogP contribution in [-0.2, 0) is 11.2 Å². The summed E-state index contributed by atoms with van der Waals surface area (Å²) in [5.74, 6) is 0.409. The molecule has 0 radical (unpaired) electrons. The molecule has 0 spiro atoms. The predicted molar refractivity (Wildman–Crippen MR) is 69.2 cm³/mol. The Balaban J connectivity index is 1.69. The lowest BCUT2D eigenvalue weighted by atomic mass is 9.97. The quantitative estimate of drug-likeness (QED) is 0.845. The standard InChI is InChI=1S/C12H19N3OS/c1-9-15-11(8-17-9)4-7-14-12(16)10-2-5-13-6-3-10/h8,10,13H,2-7H2,1H3,(H,14,16). The normalized spacial score (nSPS) is 17.0. The maximum atomic E-state index is 11.8. The second-order valence-electron chi connectivity index (χ2n) is 4.42. The van der Waals surface area contributed by atoms with Crippen LogP contribution < -0.4 is 10.6 Å². The first-order valence-corrected chi connectivity index (χ1v) is 7.03. The van der Waals surface area contributed by atoms with Crippen molar-refractivity contribution in [3.8, 4) is 0 Å². The molecule has 1 aliphatic heterocycles. The molecule has 2 N–H and O–H groups in total. The average Bonchev–Trinajstić information content (AvgIpc) is 2.76. The molecule has 1 aromatic rings. The van der Waals surface area contributed by atoms with Crippen molar-refractivity contribution in [2.24, 2.45) is 5.92 Å². The van der Waals surface area contributed by atoms with Gasteiger partial charge in [0.25, 0.3) is 0 Å². The molecule has 0 unspecified atom stereocenters. The van der Waals surface area contributed by atoms with Gasteiger partial charge in [0.15, 0.2) is 0 Å². The summed E-state index contributed by atoms with van der Waals surface area (Å²) in [5.41, 5.74) is 1.08. The Morgan fingerprint density at radius 1 is 1.59 bits per heavy atom. The Morgan fingerprint density at radius 2 is 2.35 bits per heavy atom. The number of carbonyl (C=O) groups is 1. The third kappa shape index (κ3) is 3.78. The maximum Gasteiger partial charge on any atom is 0.223 e. The van der Waals surface area contributed by atoms with Crippen LogP contribution in [0.2, 0.25) is 0 Å². The van der Waals surface area contributed by atoms with E-state index < -0.39 is 0 Å². The van der Waals surface area contributed by atoms with Gasteiger partial charge in [0, 0.05) is 24.3 Å². The van der Waals surface area contributed by atoms with Crippen LogP contribution in [0.3, 0.4) is 0 Å². The van der Waals surface area contributed by atoms with Crippen molar-refractivity contribution in [1.29, 1.82) is 0 Å². The molecule has 0 atom stereocenters. The molecule has 2 rings (SSSR count). The van der Waals surface area contributed by atoms with Gasteiger partial charge in [-0.3, -0.25) is 4.79 Å². The van der Waals surface area contributed by atoms with E-state index in [-0.39, 0.29) is 11.8 Å². The van der Waals surface area contributed by atoms with Gasteiger partial charge in [0.05, 0.1) is 10.7 Å². The monoisotopic (exact) mass is 253 g/mol. The number of amides is 1. The third-order valence-corrected chi connectivity index (χ3v) is 3.88. The van der Waals surface area contributed by atoms with Crippen LogP contribution in [0.1, 0.15) is 23.5 Å². The van der Waals surface area contributed by atoms with Crippen molar-refractivity contribution in [3.05, 3.63) is 16.1 Å². The topological polar surface area (TPSA) is 54.0 Å². The molecule has 5 heteroatoms. The van der Waals surface area contributed by atoms with Gasteiger partial charge >= 0.3 is 0 Å². The zero-order valence-electron chi connectivity index (χ0n) is 10.2. The lowest BCUT2D eigenvalue weighted by molar-refractivity contribution is -0.125. The number of hydrogen-bond donors (Lipinski definition) is 2. The molecule has 4 nitrogen and oxygen atoms in total. The van der Waals surface area contributed by atoms with E-state index in [1.54, 1.807) is 11.3 Å². The fraction of sp³-hybridized carbons (Fsp3) is 0.667. The van der Waals surface area contributed by atoms with E-state index in [4.69, 9.17) is 0 Å². The molecule has 0 aromatic carbocycles. The molecule has 1 fully saturated rings. The third-order valence-electron chi connectivity index (χ3n) is 3.06. The molecule has 0 aliphatic carbocycles. The molecule has 1 aromatic heterocycles. The Hall–Kier alpha value is -0.940. The molecule has 0 bridgehead atoms. The van der Waals surface area contributed by atoms with E-state index in [1.165, 1.54) is 0 Å². The first-order valence-electron chi connectivity index (χ1n) is 6.15. The van der Waals surface area contributed by atoms with E-state index in [2.05, 4.69) is 21.0 Å². The summed E-state index contributed by atoms with van der Waals surface area (Å²) in [4.78, 5) is 16.2. The van der Waals surface area contributed by atoms with Gasteiger partial charge in [-0.25, -0.2) is 4.98 Å². The lowest BCUT2D eigenvalue weighted by Crippen LogP contribution is -2.38. The van der Waals surface area contributed by atoms with Gasteiger partial charge < -0.3 is 10.6 Å². The van der Waals surface area contributed by atoms with Crippen molar-refractivity contribution in [2.45, 2.75) is 26.2 Å². The highest BCUT2D eigenvalue weighted by atomic mass is 32.1. The van der Waals surface area contributed by atoms with Crippen LogP contribution in [0.15, 0.2) is 5.38 Å². The van der Waals surface area contributed by atoms with Crippen LogP contribution in [0, 0.1) is 12.8 Å². The molecule has 1 amide bonds. The van der Waals surface area contributed by atoms with Crippen LogP contribution in [0.25, 0.3) is 0 Å². The number of hydrogen-bond acceptors (Lipinski definition) is 4. The Bertz CT molecular complexity index is 372. The summed E-state index contributed by atoms with van der Waals surface area (Å²) in [6, 6.07) is 0. The SMILES string of the molecule is Cc1nc(CCNC(=O)C2CCNCC2)cs1. The molecule has 0 saturated carbocycles. The van der Waals surface area contributed by atoms with Crippen LogP contribution in [0.5, 0.6) is 0 Å². The van der Waals surface area contributed by atoms with Gasteiger partial charge in [-0.2, -0.15) is 0 Å². The first-order chi connectivity index (χ1) is 8.25. The summed E-state index contributed by atoms with van der Waals surface area (Å²) < 4.78 is 0. The van der Waals surface area contributed by atoms with E-state index in [9.17, 15) is 4.79 Å². The van der Waals surface area contributed by atoms with Gasteiger partial charge in [-0.15, -0.1) is 11.3 Å². The fourth-order valence-corrected chi connectivity index (χ4v) is 2.71. The summed E-state index contributed by atoms with van der Waals surface area (Å²) in [6.07, 6.45) is 2.75. The fourth-order valence-electron chi connectivity index (χ4n) is 2.07. The predicted octanol–water partition coefficient (Wildman–Crippen LogP) is 1.11. The summed E-state index contributed by atoms with van der Waals surface area (Å²) in [6.45, 7) is 4.63. The zero-order valence-corrected chi connectivity index (χ0v) is 11.0. The van der Waals surface area contributed by atoms with Gasteiger partial charge in [-0.05, 0) is 32.9 Å². The summed E-state index contributed by atoms with van der Waals surface area (Å²) in [5, 5.41) is 9.42. The number of rotatable bonds is 4. The second-order valence-corrected chi connectivity index (χ2v) is 5.49. The number of aromatic nitrogens is 1. The van der Waals surface area contributed by atoms with E-state index in [0.717, 1.165) is 43.1 Å². The highest BCUT2D eigenvalue weighted by molar-refractivity contribution is 7.09. The van der Waals surface area contributed by atoms with E-state index in [0.29, 0.717) is 6.54 Å². The molecule has 94 valence electrons. The Labute approximate surface area is 106 Å². The van der Waals surface area contributed by atoms with E-state index >= 15 is 0 Å². The van der Waals surface area contributed by atoms with Crippen molar-refractivity contribution in [1.82, 2.24) is 15.6 Å². The number of nitrogens with one attached hydrogen (secondary N) is 2. The molecular formula is C12H19N3OS. The van der Waals surface area contributed by atoms with Crippen LogP contribution in [0.4, 0.5) is 0 Å². The summed E-state index contributed by atoms with van der Waals surface area (Å²) in [7, 11) is 0. The molecule has 2 heterocycles. The second kappa shape index (κ2) is 6.12. The lowest BCUT2D eigenvalue weighted by Gasteiger charge is -2.21. The van der Waals surface area contributed by atoms with Gasteiger partial charge in [-0.1, -0.05) is 0 Å².